The Kier molecular flexibility index (Phi) is 8.15. The smallest absolute Gasteiger partial charge is 0.332 e. The zero-order valence-electron chi connectivity index (χ0n) is 23.2. The number of carbonyl (C=O) groups excluding carboxylic acids is 3. The van der Waals surface area contributed by atoms with Gasteiger partial charge in [0.2, 0.25) is 11.8 Å². The molecule has 13 heteroatoms. The number of rotatable bonds is 7. The molecule has 2 aliphatic rings. The van der Waals surface area contributed by atoms with E-state index in [9.17, 15) is 14.4 Å². The van der Waals surface area contributed by atoms with Gasteiger partial charge in [0.15, 0.2) is 5.13 Å². The molecule has 2 fully saturated rings. The Hall–Kier alpha value is -3.90. The number of anilines is 1. The number of thiazole rings is 1. The predicted octanol–water partition coefficient (Wildman–Crippen LogP) is 4.37. The molecule has 2 atom stereocenters. The molecule has 4 aromatic rings. The third-order valence-corrected chi connectivity index (χ3v) is 9.41. The van der Waals surface area contributed by atoms with Crippen LogP contribution in [0.2, 0.25) is 10.0 Å². The van der Waals surface area contributed by atoms with E-state index in [-0.39, 0.29) is 31.4 Å². The van der Waals surface area contributed by atoms with Crippen LogP contribution >= 0.6 is 34.5 Å². The Morgan fingerprint density at radius 1 is 1.07 bits per heavy atom. The van der Waals surface area contributed by atoms with Crippen LogP contribution in [0.3, 0.4) is 0 Å². The first-order valence-electron chi connectivity index (χ1n) is 13.7. The molecular weight excluding hydrogens is 609 g/mol. The third-order valence-electron chi connectivity index (χ3n) is 7.83. The van der Waals surface area contributed by atoms with E-state index in [1.54, 1.807) is 40.1 Å². The lowest BCUT2D eigenvalue weighted by atomic mass is 10.00. The molecule has 6 rings (SSSR count). The van der Waals surface area contributed by atoms with Gasteiger partial charge in [0.25, 0.3) is 0 Å². The molecule has 43 heavy (non-hydrogen) atoms. The minimum absolute atomic E-state index is 0.0357. The number of benzene rings is 3. The summed E-state index contributed by atoms with van der Waals surface area (Å²) in [4.78, 5) is 48.7. The average Bonchev–Trinajstić information content (AvgIpc) is 3.54. The molecule has 3 heterocycles. The van der Waals surface area contributed by atoms with Crippen molar-refractivity contribution in [2.24, 2.45) is 0 Å². The molecule has 4 amide bonds. The summed E-state index contributed by atoms with van der Waals surface area (Å²) in [7, 11) is 1.62. The monoisotopic (exact) mass is 637 g/mol. The van der Waals surface area contributed by atoms with E-state index in [0.717, 1.165) is 26.9 Å². The second-order valence-corrected chi connectivity index (χ2v) is 12.4. The molecule has 3 aromatic carbocycles. The van der Waals surface area contributed by atoms with Gasteiger partial charge in [-0.25, -0.2) is 9.78 Å². The van der Waals surface area contributed by atoms with E-state index in [2.05, 4.69) is 10.3 Å². The summed E-state index contributed by atoms with van der Waals surface area (Å²) in [6.07, 6.45) is -0.188. The van der Waals surface area contributed by atoms with Crippen LogP contribution in [0, 0.1) is 0 Å². The number of aromatic nitrogens is 1. The summed E-state index contributed by atoms with van der Waals surface area (Å²) in [5.74, 6) is -0.361. The molecule has 0 radical (unpaired) electrons. The number of hydrazine groups is 1. The van der Waals surface area contributed by atoms with Crippen LogP contribution in [0.1, 0.15) is 16.7 Å². The predicted molar refractivity (Wildman–Crippen MR) is 167 cm³/mol. The first kappa shape index (κ1) is 29.2. The van der Waals surface area contributed by atoms with Crippen molar-refractivity contribution in [2.45, 2.75) is 31.7 Å². The highest BCUT2D eigenvalue weighted by Crippen LogP contribution is 2.32. The van der Waals surface area contributed by atoms with Crippen LogP contribution in [0.5, 0.6) is 0 Å². The molecule has 2 saturated heterocycles. The fourth-order valence-electron chi connectivity index (χ4n) is 5.70. The van der Waals surface area contributed by atoms with Gasteiger partial charge in [0, 0.05) is 26.6 Å². The highest BCUT2D eigenvalue weighted by Gasteiger charge is 2.51. The van der Waals surface area contributed by atoms with Crippen LogP contribution in [-0.4, -0.2) is 75.0 Å². The summed E-state index contributed by atoms with van der Waals surface area (Å²) in [5, 5.41) is 7.30. The molecule has 2 aliphatic heterocycles. The fraction of sp³-hybridized carbons (Fsp3) is 0.267. The topological polar surface area (TPSA) is 115 Å². The summed E-state index contributed by atoms with van der Waals surface area (Å²) < 4.78 is 0.943. The zero-order chi connectivity index (χ0) is 30.2. The number of hydrogen-bond donors (Lipinski definition) is 2. The van der Waals surface area contributed by atoms with E-state index in [4.69, 9.17) is 28.9 Å². The van der Waals surface area contributed by atoms with Crippen LogP contribution in [0.15, 0.2) is 66.7 Å². The molecule has 222 valence electrons. The second-order valence-electron chi connectivity index (χ2n) is 10.6. The number of fused-ring (bicyclic) bond motifs is 2. The molecular formula is C30H29Cl2N7O3S. The maximum absolute atomic E-state index is 14.0. The lowest BCUT2D eigenvalue weighted by molar-refractivity contribution is -0.157. The Morgan fingerprint density at radius 2 is 1.86 bits per heavy atom. The number of para-hydroxylation sites is 1. The highest BCUT2D eigenvalue weighted by molar-refractivity contribution is 7.22. The van der Waals surface area contributed by atoms with E-state index < -0.39 is 18.2 Å². The molecule has 0 unspecified atom stereocenters. The Bertz CT molecular complexity index is 1700. The highest BCUT2D eigenvalue weighted by atomic mass is 35.5. The maximum Gasteiger partial charge on any atom is 0.332 e. The number of hydrogen-bond acceptors (Lipinski definition) is 7. The van der Waals surface area contributed by atoms with Crippen molar-refractivity contribution in [3.05, 3.63) is 93.5 Å². The molecule has 1 aromatic heterocycles. The van der Waals surface area contributed by atoms with Gasteiger partial charge in [-0.15, -0.1) is 0 Å². The van der Waals surface area contributed by atoms with Crippen LogP contribution in [0.25, 0.3) is 10.2 Å². The largest absolute Gasteiger partial charge is 0.375 e. The van der Waals surface area contributed by atoms with Gasteiger partial charge in [0.05, 0.1) is 33.4 Å². The van der Waals surface area contributed by atoms with Crippen molar-refractivity contribution in [3.63, 3.8) is 0 Å². The van der Waals surface area contributed by atoms with Crippen molar-refractivity contribution in [1.82, 2.24) is 30.1 Å². The summed E-state index contributed by atoms with van der Waals surface area (Å²) in [6, 6.07) is 19.5. The van der Waals surface area contributed by atoms with Crippen molar-refractivity contribution < 1.29 is 14.4 Å². The molecule has 0 bridgehead atoms. The van der Waals surface area contributed by atoms with Gasteiger partial charge in [0.1, 0.15) is 12.2 Å². The van der Waals surface area contributed by atoms with E-state index in [1.807, 2.05) is 48.5 Å². The first-order valence-corrected chi connectivity index (χ1v) is 15.3. The van der Waals surface area contributed by atoms with Crippen molar-refractivity contribution in [2.75, 3.05) is 25.9 Å². The van der Waals surface area contributed by atoms with Gasteiger partial charge >= 0.3 is 6.03 Å². The van der Waals surface area contributed by atoms with E-state index in [1.165, 1.54) is 16.3 Å². The molecule has 10 nitrogen and oxygen atoms in total. The molecule has 0 saturated carbocycles. The second kappa shape index (κ2) is 12.0. The fourth-order valence-corrected chi connectivity index (χ4v) is 6.80. The number of nitrogen functional groups attached to an aromatic ring is 1. The third kappa shape index (κ3) is 5.85. The van der Waals surface area contributed by atoms with Gasteiger partial charge in [-0.3, -0.25) is 14.6 Å². The SMILES string of the molecule is CN(C(=O)NCc1ccc(Cl)c(Cl)c1)N1CC(=O)N2[C@@H](Cc3ccccc3)C(=O)N(Cc3cccc4sc(N)nc34)C[C@@H]21. The van der Waals surface area contributed by atoms with Crippen molar-refractivity contribution >= 4 is 67.7 Å². The van der Waals surface area contributed by atoms with Gasteiger partial charge in [-0.2, -0.15) is 5.01 Å². The molecule has 0 spiro atoms. The summed E-state index contributed by atoms with van der Waals surface area (Å²) in [6.45, 7) is 0.699. The molecule has 3 N–H and O–H groups in total. The number of urea groups is 1. The number of halogens is 2. The maximum atomic E-state index is 14.0. The lowest BCUT2D eigenvalue weighted by Gasteiger charge is -2.45. The van der Waals surface area contributed by atoms with Crippen LogP contribution in [0.4, 0.5) is 9.93 Å². The number of piperazine rings is 1. The number of nitrogens with zero attached hydrogens (tertiary/aromatic N) is 5. The van der Waals surface area contributed by atoms with E-state index in [0.29, 0.717) is 28.1 Å². The lowest BCUT2D eigenvalue weighted by Crippen LogP contribution is -2.65. The van der Waals surface area contributed by atoms with Crippen molar-refractivity contribution in [3.8, 4) is 0 Å². The number of carbonyl (C=O) groups is 3. The van der Waals surface area contributed by atoms with Gasteiger partial charge < -0.3 is 20.9 Å². The average molecular weight is 639 g/mol. The zero-order valence-corrected chi connectivity index (χ0v) is 25.6. The van der Waals surface area contributed by atoms with E-state index >= 15 is 0 Å². The van der Waals surface area contributed by atoms with Crippen LogP contribution < -0.4 is 11.1 Å². The van der Waals surface area contributed by atoms with Crippen molar-refractivity contribution in [1.29, 1.82) is 0 Å². The molecule has 0 aliphatic carbocycles. The number of nitrogens with one attached hydrogen (secondary N) is 1. The summed E-state index contributed by atoms with van der Waals surface area (Å²) >= 11 is 13.5. The minimum Gasteiger partial charge on any atom is -0.375 e. The Morgan fingerprint density at radius 3 is 2.63 bits per heavy atom. The quantitative estimate of drug-likeness (QED) is 0.311. The Balaban J connectivity index is 1.26. The van der Waals surface area contributed by atoms with Gasteiger partial charge in [-0.1, -0.05) is 83.1 Å². The normalized spacial score (nSPS) is 18.8. The minimum atomic E-state index is -0.731. The standard InChI is InChI=1S/C30H29Cl2N7O3S/c1-36(30(42)34-14-19-10-11-21(31)22(32)12-19)38-17-26(40)39-23(13-18-6-3-2-4-7-18)28(41)37(16-25(38)39)15-20-8-5-9-24-27(20)35-29(33)43-24/h2-12,23,25H,13-17H2,1H3,(H2,33,35)(H,34,42)/t23-,25+/m0/s1. The van der Waals surface area contributed by atoms with Gasteiger partial charge in [-0.05, 0) is 34.9 Å². The summed E-state index contributed by atoms with van der Waals surface area (Å²) in [5.41, 5.74) is 9.34. The first-order chi connectivity index (χ1) is 20.7. The Labute approximate surface area is 262 Å². The number of nitrogens with two attached hydrogens (primary N) is 1. The van der Waals surface area contributed by atoms with Crippen LogP contribution in [-0.2, 0) is 29.1 Å². The number of amides is 4.